The molecule has 1 saturated carbocycles. The third-order valence-electron chi connectivity index (χ3n) is 5.00. The van der Waals surface area contributed by atoms with Gasteiger partial charge in [-0.15, -0.1) is 0 Å². The summed E-state index contributed by atoms with van der Waals surface area (Å²) in [6.45, 7) is 12.6. The second kappa shape index (κ2) is 10.3. The summed E-state index contributed by atoms with van der Waals surface area (Å²) in [5.41, 5.74) is 1.79. The van der Waals surface area contributed by atoms with E-state index >= 15 is 0 Å². The van der Waals surface area contributed by atoms with Gasteiger partial charge in [-0.2, -0.15) is 0 Å². The van der Waals surface area contributed by atoms with E-state index < -0.39 is 24.0 Å². The first-order chi connectivity index (χ1) is 12.5. The van der Waals surface area contributed by atoms with Crippen LogP contribution in [-0.2, 0) is 28.6 Å². The molecule has 1 aliphatic rings. The zero-order valence-electron chi connectivity index (χ0n) is 17.1. The van der Waals surface area contributed by atoms with E-state index in [1.807, 2.05) is 0 Å². The molecule has 0 heterocycles. The molecule has 0 N–H and O–H groups in total. The van der Waals surface area contributed by atoms with Gasteiger partial charge in [0, 0.05) is 26.3 Å². The minimum atomic E-state index is -0.573. The number of hydrogen-bond donors (Lipinski definition) is 0. The first-order valence-corrected chi connectivity index (χ1v) is 9.33. The molecule has 1 aliphatic carbocycles. The molecule has 6 nitrogen and oxygen atoms in total. The normalized spacial score (nSPS) is 20.6. The Morgan fingerprint density at radius 2 is 1.78 bits per heavy atom. The van der Waals surface area contributed by atoms with Crippen LogP contribution in [0.2, 0.25) is 0 Å². The lowest BCUT2D eigenvalue weighted by molar-refractivity contribution is -0.147. The minimum absolute atomic E-state index is 0.0197. The Balaban J connectivity index is 3.08. The second-order valence-corrected chi connectivity index (χ2v) is 7.75. The fourth-order valence-corrected chi connectivity index (χ4v) is 3.58. The predicted octanol–water partition coefficient (Wildman–Crippen LogP) is 3.74. The largest absolute Gasteiger partial charge is 0.462 e. The van der Waals surface area contributed by atoms with E-state index in [-0.39, 0.29) is 24.5 Å². The smallest absolute Gasteiger partial charge is 0.303 e. The zero-order chi connectivity index (χ0) is 20.6. The Morgan fingerprint density at radius 3 is 2.30 bits per heavy atom. The van der Waals surface area contributed by atoms with Gasteiger partial charge in [-0.1, -0.05) is 26.0 Å². The van der Waals surface area contributed by atoms with Crippen molar-refractivity contribution in [3.8, 4) is 0 Å². The minimum Gasteiger partial charge on any atom is -0.462 e. The van der Waals surface area contributed by atoms with Crippen molar-refractivity contribution in [3.05, 3.63) is 23.8 Å². The maximum absolute atomic E-state index is 11.7. The van der Waals surface area contributed by atoms with Crippen molar-refractivity contribution < 1.29 is 28.6 Å². The third-order valence-corrected chi connectivity index (χ3v) is 5.00. The molecule has 1 fully saturated rings. The van der Waals surface area contributed by atoms with Gasteiger partial charge in [-0.25, -0.2) is 0 Å². The van der Waals surface area contributed by atoms with Gasteiger partial charge < -0.3 is 14.2 Å². The molecule has 0 bridgehead atoms. The standard InChI is InChI=1S/C21H32O6/c1-14-8-7-10-21(5,6)19(14)12-20(27-17(4)24)18(13-26-16(3)23)9-11-25-15(2)22/h9,19-20H,1,7-8,10-13H2,2-6H3/b18-9+/t19-,20-/m1/s1. The molecule has 27 heavy (non-hydrogen) atoms. The predicted molar refractivity (Wildman–Crippen MR) is 102 cm³/mol. The van der Waals surface area contributed by atoms with E-state index in [0.29, 0.717) is 12.0 Å². The number of carbonyl (C=O) groups excluding carboxylic acids is 3. The quantitative estimate of drug-likeness (QED) is 0.363. The van der Waals surface area contributed by atoms with Gasteiger partial charge in [-0.05, 0) is 43.1 Å². The van der Waals surface area contributed by atoms with Crippen LogP contribution >= 0.6 is 0 Å². The second-order valence-electron chi connectivity index (χ2n) is 7.75. The van der Waals surface area contributed by atoms with Gasteiger partial charge in [0.2, 0.25) is 0 Å². The van der Waals surface area contributed by atoms with Crippen LogP contribution in [0.15, 0.2) is 23.8 Å². The van der Waals surface area contributed by atoms with Gasteiger partial charge in [0.25, 0.3) is 0 Å². The lowest BCUT2D eigenvalue weighted by Gasteiger charge is -2.42. The van der Waals surface area contributed by atoms with Crippen LogP contribution in [0, 0.1) is 11.3 Å². The number of esters is 3. The molecule has 2 atom stereocenters. The van der Waals surface area contributed by atoms with Crippen molar-refractivity contribution in [3.63, 3.8) is 0 Å². The van der Waals surface area contributed by atoms with Crippen molar-refractivity contribution in [1.29, 1.82) is 0 Å². The summed E-state index contributed by atoms with van der Waals surface area (Å²) in [4.78, 5) is 34.0. The summed E-state index contributed by atoms with van der Waals surface area (Å²) in [6.07, 6.45) is 4.76. The highest BCUT2D eigenvalue weighted by molar-refractivity contribution is 5.67. The van der Waals surface area contributed by atoms with Crippen LogP contribution in [0.5, 0.6) is 0 Å². The molecule has 0 aromatic heterocycles. The topological polar surface area (TPSA) is 78.9 Å². The number of hydrogen-bond acceptors (Lipinski definition) is 6. The van der Waals surface area contributed by atoms with Crippen LogP contribution in [-0.4, -0.2) is 37.2 Å². The highest BCUT2D eigenvalue weighted by atomic mass is 16.6. The van der Waals surface area contributed by atoms with E-state index in [2.05, 4.69) is 20.4 Å². The molecule has 0 radical (unpaired) electrons. The average molecular weight is 380 g/mol. The first-order valence-electron chi connectivity index (χ1n) is 9.33. The van der Waals surface area contributed by atoms with E-state index in [1.54, 1.807) is 6.08 Å². The van der Waals surface area contributed by atoms with E-state index in [0.717, 1.165) is 24.8 Å². The Hall–Kier alpha value is -2.11. The number of carbonyl (C=O) groups is 3. The lowest BCUT2D eigenvalue weighted by atomic mass is 9.64. The lowest BCUT2D eigenvalue weighted by Crippen LogP contribution is -2.35. The Morgan fingerprint density at radius 1 is 1.15 bits per heavy atom. The summed E-state index contributed by atoms with van der Waals surface area (Å²) in [5.74, 6) is -1.09. The monoisotopic (exact) mass is 380 g/mol. The van der Waals surface area contributed by atoms with Crippen molar-refractivity contribution in [2.75, 3.05) is 13.2 Å². The van der Waals surface area contributed by atoms with Crippen molar-refractivity contribution in [2.24, 2.45) is 11.3 Å². The van der Waals surface area contributed by atoms with Gasteiger partial charge in [-0.3, -0.25) is 14.4 Å². The van der Waals surface area contributed by atoms with Crippen LogP contribution in [0.4, 0.5) is 0 Å². The Bertz CT molecular complexity index is 602. The van der Waals surface area contributed by atoms with Gasteiger partial charge >= 0.3 is 17.9 Å². The van der Waals surface area contributed by atoms with E-state index in [9.17, 15) is 14.4 Å². The highest BCUT2D eigenvalue weighted by Crippen LogP contribution is 2.46. The van der Waals surface area contributed by atoms with Gasteiger partial charge in [0.05, 0.1) is 0 Å². The molecule has 0 amide bonds. The van der Waals surface area contributed by atoms with Crippen molar-refractivity contribution in [1.82, 2.24) is 0 Å². The maximum atomic E-state index is 11.7. The van der Waals surface area contributed by atoms with Gasteiger partial charge in [0.1, 0.15) is 19.3 Å². The maximum Gasteiger partial charge on any atom is 0.303 e. The fraction of sp³-hybridized carbons (Fsp3) is 0.667. The molecule has 0 saturated heterocycles. The summed E-state index contributed by atoms with van der Waals surface area (Å²) < 4.78 is 15.7. The Kier molecular flexibility index (Phi) is 8.73. The third kappa shape index (κ3) is 7.97. The van der Waals surface area contributed by atoms with Crippen LogP contribution in [0.3, 0.4) is 0 Å². The Labute approximate surface area is 161 Å². The van der Waals surface area contributed by atoms with E-state index in [4.69, 9.17) is 14.2 Å². The molecular formula is C21H32O6. The molecule has 0 aromatic rings. The summed E-state index contributed by atoms with van der Waals surface area (Å²) >= 11 is 0. The van der Waals surface area contributed by atoms with Crippen molar-refractivity contribution >= 4 is 17.9 Å². The van der Waals surface area contributed by atoms with E-state index in [1.165, 1.54) is 20.8 Å². The number of allylic oxidation sites excluding steroid dienone is 1. The molecule has 0 aromatic carbocycles. The molecule has 1 rings (SSSR count). The van der Waals surface area contributed by atoms with Gasteiger partial charge in [0.15, 0.2) is 0 Å². The fourth-order valence-electron chi connectivity index (χ4n) is 3.58. The highest BCUT2D eigenvalue weighted by Gasteiger charge is 2.37. The molecule has 6 heteroatoms. The first kappa shape index (κ1) is 22.9. The summed E-state index contributed by atoms with van der Waals surface area (Å²) in [7, 11) is 0. The molecular weight excluding hydrogens is 348 g/mol. The molecule has 152 valence electrons. The van der Waals surface area contributed by atoms with Crippen LogP contribution in [0.1, 0.15) is 60.3 Å². The number of rotatable bonds is 8. The zero-order valence-corrected chi connectivity index (χ0v) is 17.1. The summed E-state index contributed by atoms with van der Waals surface area (Å²) in [5, 5.41) is 0. The molecule has 0 spiro atoms. The van der Waals surface area contributed by atoms with Crippen LogP contribution in [0.25, 0.3) is 0 Å². The SMILES string of the molecule is C=C1CCCC(C)(C)[C@@H]1C[C@@H](OC(C)=O)/C(=C/COC(C)=O)COC(C)=O. The molecule has 0 unspecified atom stereocenters. The summed E-state index contributed by atoms with van der Waals surface area (Å²) in [6, 6.07) is 0. The number of ether oxygens (including phenoxy) is 3. The average Bonchev–Trinajstić information content (AvgIpc) is 2.52. The van der Waals surface area contributed by atoms with Crippen molar-refractivity contribution in [2.45, 2.75) is 66.4 Å². The molecule has 0 aliphatic heterocycles. The van der Waals surface area contributed by atoms with Crippen LogP contribution < -0.4 is 0 Å².